The van der Waals surface area contributed by atoms with Crippen LogP contribution in [0.1, 0.15) is 0 Å². The summed E-state index contributed by atoms with van der Waals surface area (Å²) >= 11 is 0. The average molecular weight is 97.3 g/mol. The molecule has 0 rings (SSSR count). The maximum atomic E-state index is 5.05. The van der Waals surface area contributed by atoms with Gasteiger partial charge in [0.1, 0.15) is 0 Å². The van der Waals surface area contributed by atoms with E-state index >= 15 is 0 Å². The molecule has 0 aromatic rings. The molecular formula is B9. The van der Waals surface area contributed by atoms with Crippen molar-refractivity contribution in [3.05, 3.63) is 0 Å². The van der Waals surface area contributed by atoms with Crippen molar-refractivity contribution < 1.29 is 0 Å². The Kier molecular flexibility index (Phi) is 9.14. The molecule has 0 aliphatic heterocycles. The Balaban J connectivity index is 2.66. The molecule has 0 amide bonds. The van der Waals surface area contributed by atoms with Crippen molar-refractivity contribution in [2.75, 3.05) is 0 Å². The van der Waals surface area contributed by atoms with Crippen LogP contribution in [0.5, 0.6) is 0 Å². The first-order valence-corrected chi connectivity index (χ1v) is 2.67. The second-order valence-corrected chi connectivity index (χ2v) is 1.35. The Morgan fingerprint density at radius 1 is 0.778 bits per heavy atom. The molecule has 0 heterocycles. The van der Waals surface area contributed by atoms with Crippen LogP contribution < -0.4 is 0 Å². The molecule has 0 saturated carbocycles. The van der Waals surface area contributed by atoms with Crippen LogP contribution in [0.2, 0.25) is 0 Å². The molecular weight excluding hydrogens is 97.3 g/mol. The minimum atomic E-state index is 1.47. The van der Waals surface area contributed by atoms with Gasteiger partial charge in [0.05, 0.1) is 0 Å². The van der Waals surface area contributed by atoms with Gasteiger partial charge in [-0.05, 0) is 0 Å². The van der Waals surface area contributed by atoms with Crippen LogP contribution in [-0.4, -0.2) is 64.2 Å². The molecule has 0 aromatic heterocycles. The fourth-order valence-electron chi connectivity index (χ4n) is 0.321. The van der Waals surface area contributed by atoms with E-state index in [-0.39, 0.29) is 0 Å². The van der Waals surface area contributed by atoms with E-state index in [4.69, 9.17) is 15.1 Å². The monoisotopic (exact) mass is 99.1 g/mol. The number of rotatable bonds is 6. The van der Waals surface area contributed by atoms with Crippen LogP contribution in [-0.2, 0) is 0 Å². The molecule has 9 heavy (non-hydrogen) atoms. The Hall–Kier alpha value is 0.584. The summed E-state index contributed by atoms with van der Waals surface area (Å²) in [5.74, 6) is 0. The molecule has 0 aromatic carbocycles. The molecule has 0 fully saturated rings. The molecule has 0 atom stereocenters. The summed E-state index contributed by atoms with van der Waals surface area (Å²) in [4.78, 5) is 0. The molecule has 9 radical (unpaired) electrons. The van der Waals surface area contributed by atoms with Crippen molar-refractivity contribution >= 4 is 64.2 Å². The molecule has 9 heteroatoms. The molecule has 0 aliphatic rings. The number of hydrogen-bond donors (Lipinski definition) is 0. The predicted octanol–water partition coefficient (Wildman–Crippen LogP) is -3.43. The Morgan fingerprint density at radius 2 is 1.33 bits per heavy atom. The van der Waals surface area contributed by atoms with E-state index in [1.165, 1.54) is 13.8 Å². The van der Waals surface area contributed by atoms with Crippen LogP contribution in [0, 0.1) is 0 Å². The van der Waals surface area contributed by atoms with Gasteiger partial charge in [0.25, 0.3) is 0 Å². The fourth-order valence-corrected chi connectivity index (χ4v) is 0.321. The van der Waals surface area contributed by atoms with Crippen molar-refractivity contribution in [3.8, 4) is 0 Å². The van der Waals surface area contributed by atoms with E-state index in [1.807, 2.05) is 21.2 Å². The summed E-state index contributed by atoms with van der Waals surface area (Å²) in [5, 5.41) is 0. The first-order valence-electron chi connectivity index (χ1n) is 2.67. The Bertz CT molecular complexity index is 55.1. The zero-order valence-corrected chi connectivity index (χ0v) is 5.20. The molecule has 27 valence electrons. The summed E-state index contributed by atoms with van der Waals surface area (Å²) in [6, 6.07) is 0. The van der Waals surface area contributed by atoms with Crippen molar-refractivity contribution in [3.63, 3.8) is 0 Å². The quantitative estimate of drug-likeness (QED) is 0.239. The summed E-state index contributed by atoms with van der Waals surface area (Å²) in [6.45, 7) is 1.47. The topological polar surface area (TPSA) is 0 Å². The van der Waals surface area contributed by atoms with Crippen molar-refractivity contribution in [1.29, 1.82) is 0 Å². The fraction of sp³-hybridized carbons (Fsp3) is 0. The van der Waals surface area contributed by atoms with Crippen LogP contribution in [0.4, 0.5) is 0 Å². The van der Waals surface area contributed by atoms with Gasteiger partial charge in [0.2, 0.25) is 0 Å². The van der Waals surface area contributed by atoms with Gasteiger partial charge in [0.15, 0.2) is 0 Å². The third-order valence-electron chi connectivity index (χ3n) is 0.667. The number of hydrogen-bond acceptors (Lipinski definition) is 0. The van der Waals surface area contributed by atoms with Gasteiger partial charge in [-0.3, -0.25) is 0 Å². The van der Waals surface area contributed by atoms with Crippen LogP contribution in [0.15, 0.2) is 0 Å². The van der Waals surface area contributed by atoms with E-state index < -0.39 is 0 Å². The van der Waals surface area contributed by atoms with Gasteiger partial charge in [0, 0.05) is 0 Å². The summed E-state index contributed by atoms with van der Waals surface area (Å²) in [7, 11) is 20.5. The van der Waals surface area contributed by atoms with Gasteiger partial charge in [-0.1, -0.05) is 0 Å². The molecule has 0 unspecified atom stereocenters. The third kappa shape index (κ3) is 8.58. The minimum absolute atomic E-state index is 1.47. The maximum absolute atomic E-state index is 5.05. The van der Waals surface area contributed by atoms with E-state index in [1.54, 1.807) is 14.1 Å². The standard InChI is InChI=1S/B9/c1-3-5-7-9-8-6-4-2. The zero-order chi connectivity index (χ0) is 6.95. The van der Waals surface area contributed by atoms with Crippen molar-refractivity contribution in [2.45, 2.75) is 0 Å². The predicted molar refractivity (Wildman–Crippen MR) is 51.8 cm³/mol. The Morgan fingerprint density at radius 3 is 1.89 bits per heavy atom. The van der Waals surface area contributed by atoms with E-state index in [9.17, 15) is 0 Å². The molecule has 0 bridgehead atoms. The third-order valence-corrected chi connectivity index (χ3v) is 0.667. The van der Waals surface area contributed by atoms with Crippen molar-refractivity contribution in [2.24, 2.45) is 0 Å². The SMILES string of the molecule is [B][B][B][B][B][B][B]B=[B]. The van der Waals surface area contributed by atoms with E-state index in [2.05, 4.69) is 0 Å². The first-order chi connectivity index (χ1) is 4.41. The second-order valence-electron chi connectivity index (χ2n) is 1.35. The first kappa shape index (κ1) is 9.58. The summed E-state index contributed by atoms with van der Waals surface area (Å²) < 4.78 is 0. The molecule has 0 nitrogen and oxygen atoms in total. The molecule has 0 aliphatic carbocycles. The molecule has 0 spiro atoms. The van der Waals surface area contributed by atoms with Crippen LogP contribution in [0.25, 0.3) is 0 Å². The molecule has 0 saturated heterocycles. The van der Waals surface area contributed by atoms with Gasteiger partial charge in [-0.25, -0.2) is 0 Å². The average Bonchev–Trinajstić information content (AvgIpc) is 1.89. The molecule has 0 N–H and O–H groups in total. The van der Waals surface area contributed by atoms with E-state index in [0.29, 0.717) is 0 Å². The summed E-state index contributed by atoms with van der Waals surface area (Å²) in [6.07, 6.45) is 0. The van der Waals surface area contributed by atoms with Gasteiger partial charge >= 0.3 is 64.2 Å². The van der Waals surface area contributed by atoms with Crippen LogP contribution >= 0.6 is 0 Å². The van der Waals surface area contributed by atoms with E-state index in [0.717, 1.165) is 0 Å². The zero-order valence-electron chi connectivity index (χ0n) is 5.20. The van der Waals surface area contributed by atoms with Crippen LogP contribution in [0.3, 0.4) is 0 Å². The Labute approximate surface area is 64.7 Å². The van der Waals surface area contributed by atoms with Gasteiger partial charge in [-0.15, -0.1) is 0 Å². The van der Waals surface area contributed by atoms with Crippen molar-refractivity contribution in [1.82, 2.24) is 0 Å². The van der Waals surface area contributed by atoms with Gasteiger partial charge in [-0.2, -0.15) is 0 Å². The summed E-state index contributed by atoms with van der Waals surface area (Å²) in [5.41, 5.74) is 0. The normalized spacial score (nSPS) is 6.11. The second kappa shape index (κ2) is 8.58. The van der Waals surface area contributed by atoms with Gasteiger partial charge < -0.3 is 0 Å².